The van der Waals surface area contributed by atoms with Crippen LogP contribution in [-0.2, 0) is 31.4 Å². The van der Waals surface area contributed by atoms with Crippen LogP contribution in [0.5, 0.6) is 11.5 Å². The normalized spacial score (nSPS) is 18.2. The number of alkyl halides is 9. The fourth-order valence-electron chi connectivity index (χ4n) is 15.1. The molecule has 3 unspecified atom stereocenters. The van der Waals surface area contributed by atoms with Crippen molar-refractivity contribution in [2.24, 2.45) is 0 Å². The summed E-state index contributed by atoms with van der Waals surface area (Å²) < 4.78 is 127. The topological polar surface area (TPSA) is 103 Å². The summed E-state index contributed by atoms with van der Waals surface area (Å²) in [4.78, 5) is 27.6. The molecule has 12 rings (SSSR count). The lowest BCUT2D eigenvalue weighted by Crippen LogP contribution is -2.53. The Morgan fingerprint density at radius 2 is 0.760 bits per heavy atom. The van der Waals surface area contributed by atoms with Crippen LogP contribution in [0.25, 0.3) is 0 Å². The number of nitrogens with zero attached hydrogens (tertiary/aromatic N) is 6. The van der Waals surface area contributed by atoms with E-state index < -0.39 is 41.3 Å². The second-order valence-electron chi connectivity index (χ2n) is 27.8. The third-order valence-electron chi connectivity index (χ3n) is 21.2. The van der Waals surface area contributed by atoms with Crippen molar-refractivity contribution in [1.29, 1.82) is 0 Å². The molecular formula is C82H109F9N10O3. The highest BCUT2D eigenvalue weighted by molar-refractivity contribution is 5.89. The monoisotopic (exact) mass is 1450 g/mol. The maximum Gasteiger partial charge on any atom is 0.416 e. The second kappa shape index (κ2) is 39.1. The molecule has 4 N–H and O–H groups in total. The number of nitrogens with one attached hydrogen (secondary N) is 4. The number of anilines is 2. The lowest BCUT2D eigenvalue weighted by Gasteiger charge is -2.43. The zero-order valence-electron chi connectivity index (χ0n) is 60.0. The molecule has 22 heteroatoms. The Balaban J connectivity index is 0.000000221. The average Bonchev–Trinajstić information content (AvgIpc) is 0.822. The van der Waals surface area contributed by atoms with Gasteiger partial charge in [0.15, 0.2) is 0 Å². The number of urea groups is 1. The number of hydrogen-bond acceptors (Lipinski definition) is 11. The van der Waals surface area contributed by atoms with E-state index in [-0.39, 0.29) is 22.4 Å². The van der Waals surface area contributed by atoms with Crippen molar-refractivity contribution in [3.8, 4) is 11.5 Å². The van der Waals surface area contributed by atoms with Gasteiger partial charge in [0.1, 0.15) is 11.5 Å². The van der Waals surface area contributed by atoms with Crippen LogP contribution in [0.15, 0.2) is 182 Å². The first-order valence-corrected chi connectivity index (χ1v) is 37.1. The standard InChI is InChI=1S/C28H32F3N3O.C28H38F3N3O.C26H33F3N4O.3H2/c1-35-26-13-7-22(8-14-26)15-16-32-21-27(23-9-11-24(12-10-23)28(29,30)31)34-19-17-33(18-20-34)25-5-3-2-4-6-25;1-35-26-13-9-23(10-14-26)27(34-19-17-33(18-20-34)25-5-3-2-4-6-25)21-32-16-15-22-7-11-24(12-8-22)28(29,30)31;27-26(28,29)21-11-13-22(14-12-21)31-25(34)30-19-24(20-7-3-1-4-8-20)33-17-15-32(16-18-33)23-9-5-2-6-10-23;;;/h2-14,27,32H,15-21H2,1H3;7-14,25,27,32H,2-6,15-21H2,1H3;1,3-4,7-8,11-14,23-24H,2,5-6,9-10,15-19H2,(H2,30,31,34);3*1H. The predicted molar refractivity (Wildman–Crippen MR) is 402 cm³/mol. The Kier molecular flexibility index (Phi) is 29.6. The maximum absolute atomic E-state index is 13.1. The van der Waals surface area contributed by atoms with Gasteiger partial charge in [-0.15, -0.1) is 0 Å². The largest absolute Gasteiger partial charge is 0.497 e. The van der Waals surface area contributed by atoms with Gasteiger partial charge in [0.25, 0.3) is 0 Å². The number of piperazine rings is 3. The summed E-state index contributed by atoms with van der Waals surface area (Å²) >= 11 is 0. The Morgan fingerprint density at radius 1 is 0.413 bits per heavy atom. The highest BCUT2D eigenvalue weighted by atomic mass is 19.4. The molecule has 3 atom stereocenters. The summed E-state index contributed by atoms with van der Waals surface area (Å²) in [7, 11) is 3.33. The highest BCUT2D eigenvalue weighted by Crippen LogP contribution is 2.35. The molecule has 3 heterocycles. The smallest absolute Gasteiger partial charge is 0.416 e. The number of carbonyl (C=O) groups excluding carboxylic acids is 1. The molecule has 0 spiro atoms. The van der Waals surface area contributed by atoms with E-state index in [1.807, 2.05) is 60.7 Å². The molecule has 2 amide bonds. The average molecular weight is 1450 g/mol. The molecule has 3 aliphatic heterocycles. The van der Waals surface area contributed by atoms with E-state index in [9.17, 15) is 44.3 Å². The number of ether oxygens (including phenoxy) is 2. The quantitative estimate of drug-likeness (QED) is 0.0344. The zero-order valence-corrected chi connectivity index (χ0v) is 60.0. The summed E-state index contributed by atoms with van der Waals surface area (Å²) in [5, 5.41) is 12.7. The van der Waals surface area contributed by atoms with Gasteiger partial charge in [0.05, 0.1) is 37.0 Å². The van der Waals surface area contributed by atoms with E-state index >= 15 is 0 Å². The number of rotatable bonds is 24. The third kappa shape index (κ3) is 23.9. The Labute approximate surface area is 612 Å². The van der Waals surface area contributed by atoms with Gasteiger partial charge in [0.2, 0.25) is 0 Å². The van der Waals surface area contributed by atoms with Crippen molar-refractivity contribution >= 4 is 17.4 Å². The van der Waals surface area contributed by atoms with E-state index in [0.29, 0.717) is 31.2 Å². The van der Waals surface area contributed by atoms with Crippen LogP contribution in [0.4, 0.5) is 55.7 Å². The van der Waals surface area contributed by atoms with Crippen LogP contribution in [0.1, 0.15) is 131 Å². The molecule has 5 fully saturated rings. The molecule has 568 valence electrons. The minimum Gasteiger partial charge on any atom is -0.497 e. The number of halogens is 9. The van der Waals surface area contributed by atoms with Crippen molar-refractivity contribution in [1.82, 2.24) is 40.4 Å². The van der Waals surface area contributed by atoms with Gasteiger partial charge < -0.3 is 35.6 Å². The molecule has 104 heavy (non-hydrogen) atoms. The van der Waals surface area contributed by atoms with E-state index in [1.54, 1.807) is 38.5 Å². The van der Waals surface area contributed by atoms with Crippen LogP contribution in [0, 0.1) is 0 Å². The van der Waals surface area contributed by atoms with Gasteiger partial charge in [0, 0.05) is 138 Å². The number of hydrogen-bond donors (Lipinski definition) is 4. The first-order valence-electron chi connectivity index (χ1n) is 37.1. The van der Waals surface area contributed by atoms with E-state index in [0.717, 1.165) is 151 Å². The molecule has 7 aromatic carbocycles. The van der Waals surface area contributed by atoms with Gasteiger partial charge in [-0.1, -0.05) is 136 Å². The SMILES string of the molecule is COc1ccc(C(CNCCc2ccc(C(F)(F)F)cc2)N2CCN(C3CCCCC3)CC2)cc1.COc1ccc(CCNCC(c2ccc(C(F)(F)F)cc2)N2CCN(c3ccccc3)CC2)cc1.O=C(NCC(c1ccccc1)N1CCN(C2CCCCC2)CC1)Nc1ccc(C(F)(F)F)cc1.[HH].[HH].[HH]. The van der Waals surface area contributed by atoms with E-state index in [4.69, 9.17) is 9.47 Å². The number of carbonyl (C=O) groups is 1. The Morgan fingerprint density at radius 3 is 1.17 bits per heavy atom. The minimum atomic E-state index is -4.40. The highest BCUT2D eigenvalue weighted by Gasteiger charge is 2.35. The third-order valence-corrected chi connectivity index (χ3v) is 21.2. The Hall–Kier alpha value is -7.70. The van der Waals surface area contributed by atoms with Gasteiger partial charge in [-0.3, -0.25) is 24.5 Å². The summed E-state index contributed by atoms with van der Waals surface area (Å²) in [5.41, 5.74) is 5.01. The summed E-state index contributed by atoms with van der Waals surface area (Å²) in [6, 6.07) is 53.7. The van der Waals surface area contributed by atoms with Crippen LogP contribution >= 0.6 is 0 Å². The van der Waals surface area contributed by atoms with Crippen molar-refractivity contribution in [2.45, 2.75) is 126 Å². The van der Waals surface area contributed by atoms with Crippen molar-refractivity contribution in [2.75, 3.05) is 136 Å². The van der Waals surface area contributed by atoms with Gasteiger partial charge in [-0.25, -0.2) is 4.79 Å². The summed E-state index contributed by atoms with van der Waals surface area (Å²) in [6.07, 6.45) is 1.95. The van der Waals surface area contributed by atoms with Crippen LogP contribution in [0.3, 0.4) is 0 Å². The van der Waals surface area contributed by atoms with Crippen molar-refractivity contribution < 1.29 is 58.1 Å². The van der Waals surface area contributed by atoms with E-state index in [1.165, 1.54) is 117 Å². The Bertz CT molecular complexity index is 3600. The second-order valence-corrected chi connectivity index (χ2v) is 27.8. The molecule has 13 nitrogen and oxygen atoms in total. The van der Waals surface area contributed by atoms with Gasteiger partial charge in [-0.2, -0.15) is 39.5 Å². The lowest BCUT2D eigenvalue weighted by molar-refractivity contribution is -0.138. The molecule has 0 bridgehead atoms. The first-order chi connectivity index (χ1) is 50.3. The molecule has 0 aromatic heterocycles. The van der Waals surface area contributed by atoms with Gasteiger partial charge >= 0.3 is 24.6 Å². The summed E-state index contributed by atoms with van der Waals surface area (Å²) in [6.45, 7) is 15.1. The number of methoxy groups -OCH3 is 2. The lowest BCUT2D eigenvalue weighted by atomic mass is 9.93. The molecule has 0 radical (unpaired) electrons. The zero-order chi connectivity index (χ0) is 73.3. The first kappa shape index (κ1) is 78.9. The van der Waals surface area contributed by atoms with Crippen LogP contribution < -0.4 is 35.6 Å². The molecule has 3 saturated heterocycles. The minimum absolute atomic E-state index is 0. The molecule has 2 saturated carbocycles. The summed E-state index contributed by atoms with van der Waals surface area (Å²) in [5.74, 6) is 1.68. The number of amides is 2. The van der Waals surface area contributed by atoms with Crippen LogP contribution in [-0.4, -0.2) is 168 Å². The molecular weight excluding hydrogens is 1340 g/mol. The predicted octanol–water partition coefficient (Wildman–Crippen LogP) is 17.2. The van der Waals surface area contributed by atoms with Crippen molar-refractivity contribution in [3.05, 3.63) is 226 Å². The molecule has 7 aromatic rings. The van der Waals surface area contributed by atoms with Crippen LogP contribution in [0.2, 0.25) is 0 Å². The van der Waals surface area contributed by atoms with Gasteiger partial charge in [-0.05, 0) is 164 Å². The molecule has 2 aliphatic carbocycles. The fraction of sp³-hybridized carbons (Fsp3) is 0.476. The molecule has 5 aliphatic rings. The van der Waals surface area contributed by atoms with Crippen molar-refractivity contribution in [3.63, 3.8) is 0 Å². The maximum atomic E-state index is 13.1. The fourth-order valence-corrected chi connectivity index (χ4v) is 15.1. The van der Waals surface area contributed by atoms with E-state index in [2.05, 4.69) is 99.2 Å². The number of para-hydroxylation sites is 1. The number of benzene rings is 7.